The molecule has 6 aliphatic rings. The number of hydrogen-bond acceptors (Lipinski definition) is 13. The Labute approximate surface area is 463 Å². The fraction of sp³-hybridized carbons (Fsp3) is 0.500. The van der Waals surface area contributed by atoms with Crippen LogP contribution in [0.1, 0.15) is 75.4 Å². The maximum Gasteiger partial charge on any atom is 0.325 e. The number of nitrogens with zero attached hydrogens (tertiary/aromatic N) is 6. The lowest BCUT2D eigenvalue weighted by atomic mass is 9.84. The molecular formula is C62H76N8O9. The molecule has 2 aromatic heterocycles. The molecule has 3 N–H and O–H groups in total. The Bertz CT molecular complexity index is 3140. The number of rotatable bonds is 12. The molecule has 10 atom stereocenters. The van der Waals surface area contributed by atoms with Crippen molar-refractivity contribution < 1.29 is 43.2 Å². The molecule has 3 amide bonds. The summed E-state index contributed by atoms with van der Waals surface area (Å²) in [4.78, 5) is 70.4. The molecule has 1 unspecified atom stereocenters. The summed E-state index contributed by atoms with van der Waals surface area (Å²) in [7, 11) is 3.29. The molecule has 17 nitrogen and oxygen atoms in total. The quantitative estimate of drug-likeness (QED) is 0.0893. The third-order valence-electron chi connectivity index (χ3n) is 17.6. The summed E-state index contributed by atoms with van der Waals surface area (Å²) >= 11 is 0. The van der Waals surface area contributed by atoms with Crippen LogP contribution in [0.4, 0.5) is 5.69 Å². The molecule has 5 aromatic rings. The first-order valence-electron chi connectivity index (χ1n) is 28.2. The van der Waals surface area contributed by atoms with E-state index in [2.05, 4.69) is 76.7 Å². The molecule has 418 valence electrons. The minimum atomic E-state index is -1.19. The zero-order chi connectivity index (χ0) is 55.4. The number of likely N-dealkylation sites (N-methyl/N-ethyl adjacent to an activating group) is 1. The highest BCUT2D eigenvalue weighted by molar-refractivity contribution is 5.97. The summed E-state index contributed by atoms with van der Waals surface area (Å²) < 4.78 is 26.5. The van der Waals surface area contributed by atoms with E-state index in [1.165, 1.54) is 9.91 Å². The average Bonchev–Trinajstić information content (AvgIpc) is 4.37. The highest BCUT2D eigenvalue weighted by Gasteiger charge is 2.53. The van der Waals surface area contributed by atoms with Gasteiger partial charge < -0.3 is 43.7 Å². The Morgan fingerprint density at radius 2 is 1.84 bits per heavy atom. The minimum absolute atomic E-state index is 0.00825. The summed E-state index contributed by atoms with van der Waals surface area (Å²) in [5, 5.41) is 17.1. The van der Waals surface area contributed by atoms with Crippen LogP contribution < -0.4 is 15.6 Å². The molecule has 6 bridgehead atoms. The Hall–Kier alpha value is -6.63. The van der Waals surface area contributed by atoms with Gasteiger partial charge in [-0.2, -0.15) is 0 Å². The molecule has 7 heterocycles. The molecule has 5 aliphatic heterocycles. The maximum atomic E-state index is 15.1. The Balaban J connectivity index is 0.990. The van der Waals surface area contributed by atoms with E-state index in [0.29, 0.717) is 44.3 Å². The van der Waals surface area contributed by atoms with Gasteiger partial charge in [-0.1, -0.05) is 69.3 Å². The van der Waals surface area contributed by atoms with Crippen molar-refractivity contribution in [2.45, 2.75) is 103 Å². The van der Waals surface area contributed by atoms with E-state index in [0.717, 1.165) is 95.0 Å². The molecule has 79 heavy (non-hydrogen) atoms. The van der Waals surface area contributed by atoms with Crippen LogP contribution in [0, 0.1) is 23.2 Å². The molecule has 0 spiro atoms. The molecule has 1 saturated carbocycles. The van der Waals surface area contributed by atoms with Crippen molar-refractivity contribution in [3.8, 4) is 28.1 Å². The van der Waals surface area contributed by atoms with Crippen LogP contribution in [0.25, 0.3) is 33.3 Å². The number of hydrazine groups is 1. The number of fused-ring (bicyclic) bond motifs is 9. The number of methoxy groups -OCH3 is 1. The van der Waals surface area contributed by atoms with Crippen molar-refractivity contribution in [1.82, 2.24) is 35.1 Å². The number of carbonyl (C=O) groups excluding carboxylic acids is 4. The molecular weight excluding hydrogens is 1000 g/mol. The number of esters is 1. The summed E-state index contributed by atoms with van der Waals surface area (Å²) in [6.45, 7) is 20.7. The lowest BCUT2D eigenvalue weighted by Crippen LogP contribution is -2.63. The number of pyridine rings is 1. The van der Waals surface area contributed by atoms with Crippen molar-refractivity contribution in [2.75, 3.05) is 78.2 Å². The van der Waals surface area contributed by atoms with Crippen molar-refractivity contribution in [3.63, 3.8) is 0 Å². The number of anilines is 1. The first kappa shape index (κ1) is 54.3. The first-order chi connectivity index (χ1) is 38.0. The molecule has 17 heteroatoms. The number of aromatic nitrogens is 2. The number of phenols is 1. The predicted octanol–water partition coefficient (Wildman–Crippen LogP) is 6.66. The van der Waals surface area contributed by atoms with Gasteiger partial charge in [0.1, 0.15) is 30.0 Å². The zero-order valence-corrected chi connectivity index (χ0v) is 46.7. The lowest BCUT2D eigenvalue weighted by Gasteiger charge is -2.44. The number of hydrogen-bond donors (Lipinski definition) is 3. The van der Waals surface area contributed by atoms with Crippen LogP contribution in [0.2, 0.25) is 0 Å². The van der Waals surface area contributed by atoms with Gasteiger partial charge in [0.25, 0.3) is 11.8 Å². The van der Waals surface area contributed by atoms with Gasteiger partial charge in [0.2, 0.25) is 5.91 Å². The van der Waals surface area contributed by atoms with E-state index in [1.807, 2.05) is 56.4 Å². The fourth-order valence-electron chi connectivity index (χ4n) is 12.9. The fourth-order valence-corrected chi connectivity index (χ4v) is 12.9. The number of aryl methyl sites for hydroxylation is 1. The number of morpholine rings is 1. The van der Waals surface area contributed by atoms with Gasteiger partial charge in [0.15, 0.2) is 0 Å². The number of benzene rings is 3. The topological polar surface area (TPSA) is 180 Å². The number of nitrogens with one attached hydrogen (secondary N) is 2. The Kier molecular flexibility index (Phi) is 15.2. The van der Waals surface area contributed by atoms with Crippen LogP contribution in [0.15, 0.2) is 91.6 Å². The number of ether oxygens (including phenoxy) is 4. The number of cyclic esters (lactones) is 1. The van der Waals surface area contributed by atoms with Crippen molar-refractivity contribution in [3.05, 3.63) is 114 Å². The zero-order valence-electron chi connectivity index (χ0n) is 46.7. The first-order valence-corrected chi connectivity index (χ1v) is 28.2. The molecule has 3 aromatic carbocycles. The van der Waals surface area contributed by atoms with Crippen LogP contribution in [0.3, 0.4) is 0 Å². The summed E-state index contributed by atoms with van der Waals surface area (Å²) in [6, 6.07) is 20.9. The van der Waals surface area contributed by atoms with Gasteiger partial charge in [0.05, 0.1) is 61.8 Å². The van der Waals surface area contributed by atoms with Crippen LogP contribution in [-0.2, 0) is 57.5 Å². The molecule has 4 saturated heterocycles. The largest absolute Gasteiger partial charge is 0.508 e. The van der Waals surface area contributed by atoms with E-state index in [4.69, 9.17) is 23.9 Å². The normalized spacial score (nSPS) is 26.1. The number of piperazine rings is 1. The summed E-state index contributed by atoms with van der Waals surface area (Å²) in [6.07, 6.45) is 3.71. The average molecular weight is 1080 g/mol. The highest BCUT2D eigenvalue weighted by atomic mass is 16.5. The van der Waals surface area contributed by atoms with Crippen LogP contribution >= 0.6 is 0 Å². The third kappa shape index (κ3) is 10.7. The number of carbonyl (C=O) groups is 4. The van der Waals surface area contributed by atoms with Gasteiger partial charge in [0, 0.05) is 93.6 Å². The minimum Gasteiger partial charge on any atom is -0.508 e. The monoisotopic (exact) mass is 1080 g/mol. The number of aromatic hydroxyl groups is 1. The van der Waals surface area contributed by atoms with E-state index >= 15 is 4.79 Å². The van der Waals surface area contributed by atoms with Crippen molar-refractivity contribution >= 4 is 40.3 Å². The van der Waals surface area contributed by atoms with Crippen LogP contribution in [-0.4, -0.2) is 157 Å². The summed E-state index contributed by atoms with van der Waals surface area (Å²) in [5.41, 5.74) is 11.7. The second-order valence-electron chi connectivity index (χ2n) is 23.6. The maximum absolute atomic E-state index is 15.1. The van der Waals surface area contributed by atoms with Gasteiger partial charge in [-0.05, 0) is 96.7 Å². The van der Waals surface area contributed by atoms with Gasteiger partial charge in [-0.3, -0.25) is 34.1 Å². The highest BCUT2D eigenvalue weighted by Crippen LogP contribution is 2.46. The van der Waals surface area contributed by atoms with Crippen molar-refractivity contribution in [1.29, 1.82) is 0 Å². The Morgan fingerprint density at radius 1 is 1.03 bits per heavy atom. The second kappa shape index (κ2) is 22.1. The lowest BCUT2D eigenvalue weighted by molar-refractivity contribution is -0.164. The molecule has 5 fully saturated rings. The van der Waals surface area contributed by atoms with E-state index in [9.17, 15) is 19.5 Å². The smallest absolute Gasteiger partial charge is 0.325 e. The van der Waals surface area contributed by atoms with Gasteiger partial charge >= 0.3 is 5.97 Å². The number of amides is 3. The standard InChI is InChI=1S/C62H76N8O9/c1-9-36(3)55(66(7)60(74)57-50(34-78-57)39-14-12-11-13-15-39)58(72)64-51-24-38-22-41(25-45(71)23-38)40-16-17-52-47(26-40)49(29-62(5,6)35-79-61(75)54-46-27-42(46)31-70(65-54)59(51)73)56(69(52)10-2)48-28-43(30-63-53(48)37(4)76-8)68-19-18-67-20-21-77-33-44(67)32-68/h9,11-17,22-23,25-26,28,30,36-37,42,44,46,50-51,54-55,57,65,71H,1,10,18-21,24,27,29,31-35H2,2-8H3,(H,64,72)/t36-,37+,42?,44+,46+,50-,51+,54+,55+,57-/m1/s1. The van der Waals surface area contributed by atoms with Gasteiger partial charge in [-0.15, -0.1) is 6.58 Å². The van der Waals surface area contributed by atoms with E-state index in [-0.39, 0.29) is 48.5 Å². The van der Waals surface area contributed by atoms with E-state index < -0.39 is 53.3 Å². The molecule has 0 radical (unpaired) electrons. The van der Waals surface area contributed by atoms with E-state index in [1.54, 1.807) is 32.4 Å². The number of phenolic OH excluding ortho intramolecular Hbond substituents is 1. The predicted molar refractivity (Wildman–Crippen MR) is 301 cm³/mol. The van der Waals surface area contributed by atoms with Gasteiger partial charge in [-0.25, -0.2) is 5.43 Å². The third-order valence-corrected chi connectivity index (χ3v) is 17.6. The SMILES string of the molecule is C=C[C@@H](C)[C@@H](C(=O)N[C@H]1Cc2cc(O)cc(c2)-c2ccc3c(c2)c(c(-c2cc(N4CCN5CCOC[C@@H]5C4)cnc2[C@H](C)OC)n3CC)CC(C)(C)COC(=O)[C@H]2NN(CC3C[C@@H]32)C1=O)N(C)C(=O)[C@@H]1OC[C@@H]1c1ccccc1. The van der Waals surface area contributed by atoms with Crippen molar-refractivity contribution in [2.24, 2.45) is 23.2 Å². The molecule has 1 aliphatic carbocycles. The van der Waals surface area contributed by atoms with Crippen LogP contribution in [0.5, 0.6) is 5.75 Å². The second-order valence-corrected chi connectivity index (χ2v) is 23.6. The Morgan fingerprint density at radius 3 is 2.58 bits per heavy atom. The summed E-state index contributed by atoms with van der Waals surface area (Å²) in [5.74, 6) is -2.51. The molecule has 11 rings (SSSR count).